The maximum atomic E-state index is 11.4. The number of rotatable bonds is 4. The normalized spacial score (nSPS) is 11.2. The number of carboxylic acids is 1. The number of nitro groups is 1. The van der Waals surface area contributed by atoms with Crippen LogP contribution in [0.25, 0.3) is 11.6 Å². The largest absolute Gasteiger partial charge is 0.508 e. The molecule has 0 atom stereocenters. The zero-order valence-electron chi connectivity index (χ0n) is 11.1. The summed E-state index contributed by atoms with van der Waals surface area (Å²) in [5.41, 5.74) is 0.186. The number of aromatic hydroxyl groups is 1. The number of nitrogens with zero attached hydrogens (tertiary/aromatic N) is 1. The molecule has 22 heavy (non-hydrogen) atoms. The van der Waals surface area contributed by atoms with Crippen molar-refractivity contribution < 1.29 is 19.9 Å². The summed E-state index contributed by atoms with van der Waals surface area (Å²) in [6.45, 7) is 0. The van der Waals surface area contributed by atoms with Crippen LogP contribution >= 0.6 is 11.6 Å². The van der Waals surface area contributed by atoms with Crippen LogP contribution in [-0.2, 0) is 4.79 Å². The fraction of sp³-hybridized carbons (Fsp3) is 0. The number of nitro benzene ring substituents is 1. The zero-order chi connectivity index (χ0) is 16.3. The van der Waals surface area contributed by atoms with E-state index in [2.05, 4.69) is 0 Å². The maximum absolute atomic E-state index is 11.4. The van der Waals surface area contributed by atoms with Crippen molar-refractivity contribution in [3.05, 3.63) is 68.7 Å². The van der Waals surface area contributed by atoms with Gasteiger partial charge in [0, 0.05) is 6.07 Å². The van der Waals surface area contributed by atoms with Crippen molar-refractivity contribution in [3.63, 3.8) is 0 Å². The van der Waals surface area contributed by atoms with Gasteiger partial charge in [0.2, 0.25) is 0 Å². The van der Waals surface area contributed by atoms with E-state index in [0.29, 0.717) is 5.56 Å². The minimum absolute atomic E-state index is 0.0311. The van der Waals surface area contributed by atoms with Crippen LogP contribution in [-0.4, -0.2) is 21.1 Å². The third kappa shape index (κ3) is 3.42. The second kappa shape index (κ2) is 6.28. The van der Waals surface area contributed by atoms with Gasteiger partial charge in [-0.2, -0.15) is 0 Å². The molecule has 0 spiro atoms. The number of phenols is 1. The van der Waals surface area contributed by atoms with E-state index in [-0.39, 0.29) is 27.6 Å². The van der Waals surface area contributed by atoms with Crippen LogP contribution in [0.2, 0.25) is 5.02 Å². The second-order valence-corrected chi connectivity index (χ2v) is 4.79. The molecule has 2 aromatic rings. The smallest absolute Gasteiger partial charge is 0.336 e. The van der Waals surface area contributed by atoms with Crippen molar-refractivity contribution in [2.45, 2.75) is 0 Å². The Morgan fingerprint density at radius 1 is 1.23 bits per heavy atom. The summed E-state index contributed by atoms with van der Waals surface area (Å²) in [5, 5.41) is 29.6. The first-order valence-corrected chi connectivity index (χ1v) is 6.44. The Balaban J connectivity index is 2.54. The van der Waals surface area contributed by atoms with Gasteiger partial charge >= 0.3 is 5.97 Å². The summed E-state index contributed by atoms with van der Waals surface area (Å²) in [4.78, 5) is 21.6. The summed E-state index contributed by atoms with van der Waals surface area (Å²) in [6, 6.07) is 9.72. The van der Waals surface area contributed by atoms with Crippen molar-refractivity contribution in [2.24, 2.45) is 0 Å². The Labute approximate surface area is 130 Å². The number of hydrogen-bond acceptors (Lipinski definition) is 4. The monoisotopic (exact) mass is 319 g/mol. The molecular formula is C15H10ClNO5. The quantitative estimate of drug-likeness (QED) is 0.388. The highest BCUT2D eigenvalue weighted by Gasteiger charge is 2.15. The molecule has 0 aromatic heterocycles. The predicted octanol–water partition coefficient (Wildman–Crippen LogP) is 3.58. The summed E-state index contributed by atoms with van der Waals surface area (Å²) < 4.78 is 0. The molecule has 0 aliphatic rings. The van der Waals surface area contributed by atoms with Gasteiger partial charge in [0.05, 0.1) is 10.5 Å². The summed E-state index contributed by atoms with van der Waals surface area (Å²) in [6.07, 6.45) is 1.28. The van der Waals surface area contributed by atoms with E-state index < -0.39 is 10.9 Å². The van der Waals surface area contributed by atoms with Gasteiger partial charge in [0.25, 0.3) is 5.69 Å². The first kappa shape index (κ1) is 15.5. The number of phenolic OH excluding ortho intramolecular Hbond substituents is 1. The number of aliphatic carboxylic acids is 1. The van der Waals surface area contributed by atoms with E-state index in [1.807, 2.05) is 0 Å². The number of carboxylic acid groups (broad SMARTS) is 1. The van der Waals surface area contributed by atoms with Crippen LogP contribution in [0.3, 0.4) is 0 Å². The van der Waals surface area contributed by atoms with Crippen molar-refractivity contribution in [1.82, 2.24) is 0 Å². The predicted molar refractivity (Wildman–Crippen MR) is 81.7 cm³/mol. The molecule has 0 fully saturated rings. The molecule has 2 N–H and O–H groups in total. The number of hydrogen-bond donors (Lipinski definition) is 2. The molecule has 0 heterocycles. The van der Waals surface area contributed by atoms with Gasteiger partial charge < -0.3 is 10.2 Å². The summed E-state index contributed by atoms with van der Waals surface area (Å²) >= 11 is 5.72. The van der Waals surface area contributed by atoms with Gasteiger partial charge in [-0.25, -0.2) is 4.79 Å². The van der Waals surface area contributed by atoms with Crippen molar-refractivity contribution in [3.8, 4) is 5.75 Å². The van der Waals surface area contributed by atoms with E-state index >= 15 is 0 Å². The Kier molecular flexibility index (Phi) is 4.43. The van der Waals surface area contributed by atoms with Crippen LogP contribution in [0.5, 0.6) is 5.75 Å². The van der Waals surface area contributed by atoms with Gasteiger partial charge in [0.1, 0.15) is 10.8 Å². The Morgan fingerprint density at radius 3 is 2.55 bits per heavy atom. The zero-order valence-corrected chi connectivity index (χ0v) is 11.8. The van der Waals surface area contributed by atoms with Crippen molar-refractivity contribution in [2.75, 3.05) is 0 Å². The molecule has 0 radical (unpaired) electrons. The summed E-state index contributed by atoms with van der Waals surface area (Å²) in [7, 11) is 0. The average Bonchev–Trinajstić information content (AvgIpc) is 2.45. The van der Waals surface area contributed by atoms with Gasteiger partial charge in [-0.1, -0.05) is 29.8 Å². The molecule has 0 aliphatic carbocycles. The van der Waals surface area contributed by atoms with Crippen molar-refractivity contribution in [1.29, 1.82) is 0 Å². The van der Waals surface area contributed by atoms with Crippen LogP contribution in [0, 0.1) is 10.1 Å². The Bertz CT molecular complexity index is 785. The highest BCUT2D eigenvalue weighted by Crippen LogP contribution is 2.28. The van der Waals surface area contributed by atoms with Crippen LogP contribution < -0.4 is 0 Å². The molecule has 0 amide bonds. The van der Waals surface area contributed by atoms with E-state index in [0.717, 1.165) is 0 Å². The lowest BCUT2D eigenvalue weighted by molar-refractivity contribution is -0.384. The molecule has 112 valence electrons. The molecule has 2 rings (SSSR count). The van der Waals surface area contributed by atoms with E-state index in [1.165, 1.54) is 48.5 Å². The maximum Gasteiger partial charge on any atom is 0.336 e. The van der Waals surface area contributed by atoms with E-state index in [9.17, 15) is 25.1 Å². The minimum Gasteiger partial charge on any atom is -0.508 e. The highest BCUT2D eigenvalue weighted by molar-refractivity contribution is 6.32. The lowest BCUT2D eigenvalue weighted by Crippen LogP contribution is -1.99. The topological polar surface area (TPSA) is 101 Å². The molecule has 0 saturated carbocycles. The van der Waals surface area contributed by atoms with E-state index in [1.54, 1.807) is 0 Å². The third-order valence-electron chi connectivity index (χ3n) is 2.87. The average molecular weight is 320 g/mol. The standard InChI is InChI=1S/C15H10ClNO5/c16-13-5-4-9(7-14(13)17(21)22)6-12(15(19)20)10-2-1-3-11(18)8-10/h1-8,18H,(H,19,20)/b12-6-. The SMILES string of the molecule is O=C(O)/C(=C\c1ccc(Cl)c([N+](=O)[O-])c1)c1cccc(O)c1. The molecule has 2 aromatic carbocycles. The Morgan fingerprint density at radius 2 is 1.95 bits per heavy atom. The van der Waals surface area contributed by atoms with Crippen LogP contribution in [0.1, 0.15) is 11.1 Å². The van der Waals surface area contributed by atoms with Gasteiger partial charge in [-0.15, -0.1) is 0 Å². The van der Waals surface area contributed by atoms with Crippen LogP contribution in [0.4, 0.5) is 5.69 Å². The van der Waals surface area contributed by atoms with Gasteiger partial charge in [-0.3, -0.25) is 10.1 Å². The minimum atomic E-state index is -1.22. The highest BCUT2D eigenvalue weighted by atomic mass is 35.5. The fourth-order valence-electron chi connectivity index (χ4n) is 1.87. The number of carbonyl (C=O) groups is 1. The first-order chi connectivity index (χ1) is 10.4. The molecule has 0 aliphatic heterocycles. The van der Waals surface area contributed by atoms with Gasteiger partial charge in [-0.05, 0) is 35.4 Å². The molecule has 6 nitrogen and oxygen atoms in total. The molecule has 0 bridgehead atoms. The lowest BCUT2D eigenvalue weighted by atomic mass is 10.0. The van der Waals surface area contributed by atoms with E-state index in [4.69, 9.17) is 11.6 Å². The Hall–Kier alpha value is -2.86. The second-order valence-electron chi connectivity index (χ2n) is 4.38. The van der Waals surface area contributed by atoms with Crippen molar-refractivity contribution >= 4 is 34.9 Å². The summed E-state index contributed by atoms with van der Waals surface area (Å²) in [5.74, 6) is -1.30. The number of halogens is 1. The van der Waals surface area contributed by atoms with Gasteiger partial charge in [0.15, 0.2) is 0 Å². The molecule has 0 unspecified atom stereocenters. The first-order valence-electron chi connectivity index (χ1n) is 6.07. The fourth-order valence-corrected chi connectivity index (χ4v) is 2.05. The molecular weight excluding hydrogens is 310 g/mol. The molecule has 0 saturated heterocycles. The lowest BCUT2D eigenvalue weighted by Gasteiger charge is -2.04. The number of benzene rings is 2. The van der Waals surface area contributed by atoms with Crippen LogP contribution in [0.15, 0.2) is 42.5 Å². The molecule has 7 heteroatoms. The third-order valence-corrected chi connectivity index (χ3v) is 3.19.